The summed E-state index contributed by atoms with van der Waals surface area (Å²) in [7, 11) is 1.51. The third-order valence-corrected chi connectivity index (χ3v) is 5.78. The minimum Gasteiger partial charge on any atom is -0.507 e. The molecule has 0 spiro atoms. The molecule has 1 unspecified atom stereocenters. The first-order chi connectivity index (χ1) is 15.3. The van der Waals surface area contributed by atoms with Crippen molar-refractivity contribution in [3.05, 3.63) is 69.5 Å². The van der Waals surface area contributed by atoms with Gasteiger partial charge in [0, 0.05) is 24.3 Å². The molecule has 2 aromatic carbocycles. The van der Waals surface area contributed by atoms with Crippen molar-refractivity contribution in [3.63, 3.8) is 0 Å². The second-order valence-corrected chi connectivity index (χ2v) is 8.49. The number of hydrogen-bond acceptors (Lipinski definition) is 5. The standard InChI is InChI=1S/C24H25BrFNO5/c1-14(2)32-12-6-11-27-21(16-7-4-5-8-18(16)26)20(23(29)24(27)30)22(28)15-9-10-19(31-3)17(25)13-15/h4-5,7-10,13-14,21,28H,6,11-12H2,1-3H3/b22-20+. The first-order valence-electron chi connectivity index (χ1n) is 10.2. The van der Waals surface area contributed by atoms with E-state index < -0.39 is 23.5 Å². The minimum absolute atomic E-state index is 0.0290. The Bertz CT molecular complexity index is 1050. The molecule has 1 aliphatic heterocycles. The molecule has 0 aromatic heterocycles. The van der Waals surface area contributed by atoms with E-state index in [2.05, 4.69) is 15.9 Å². The number of aliphatic hydroxyl groups is 1. The fourth-order valence-electron chi connectivity index (χ4n) is 3.65. The third kappa shape index (κ3) is 4.86. The second kappa shape index (κ2) is 10.3. The average molecular weight is 506 g/mol. The van der Waals surface area contributed by atoms with Crippen LogP contribution in [0.3, 0.4) is 0 Å². The predicted molar refractivity (Wildman–Crippen MR) is 122 cm³/mol. The number of hydrogen-bond donors (Lipinski definition) is 1. The molecule has 1 heterocycles. The number of aliphatic hydroxyl groups excluding tert-OH is 1. The van der Waals surface area contributed by atoms with E-state index in [0.29, 0.717) is 28.8 Å². The number of methoxy groups -OCH3 is 1. The number of amides is 1. The lowest BCUT2D eigenvalue weighted by atomic mass is 9.95. The Morgan fingerprint density at radius 2 is 1.94 bits per heavy atom. The highest BCUT2D eigenvalue weighted by Crippen LogP contribution is 2.41. The number of carbonyl (C=O) groups excluding carboxylic acids is 2. The molecule has 3 rings (SSSR count). The Balaban J connectivity index is 2.07. The van der Waals surface area contributed by atoms with Gasteiger partial charge < -0.3 is 19.5 Å². The van der Waals surface area contributed by atoms with Gasteiger partial charge in [-0.3, -0.25) is 9.59 Å². The number of halogens is 2. The van der Waals surface area contributed by atoms with E-state index in [1.54, 1.807) is 24.3 Å². The maximum absolute atomic E-state index is 14.8. The number of carbonyl (C=O) groups is 2. The van der Waals surface area contributed by atoms with Gasteiger partial charge in [0.25, 0.3) is 11.7 Å². The van der Waals surface area contributed by atoms with E-state index in [-0.39, 0.29) is 29.5 Å². The molecule has 1 amide bonds. The van der Waals surface area contributed by atoms with Crippen LogP contribution in [-0.4, -0.2) is 48.1 Å². The van der Waals surface area contributed by atoms with Crippen LogP contribution in [0.2, 0.25) is 0 Å². The second-order valence-electron chi connectivity index (χ2n) is 7.64. The molecule has 0 radical (unpaired) electrons. The van der Waals surface area contributed by atoms with Gasteiger partial charge in [0.1, 0.15) is 17.3 Å². The van der Waals surface area contributed by atoms with Crippen molar-refractivity contribution in [2.75, 3.05) is 20.3 Å². The summed E-state index contributed by atoms with van der Waals surface area (Å²) in [6, 6.07) is 9.67. The fraction of sp³-hybridized carbons (Fsp3) is 0.333. The van der Waals surface area contributed by atoms with Crippen LogP contribution >= 0.6 is 15.9 Å². The molecular weight excluding hydrogens is 481 g/mol. The lowest BCUT2D eigenvalue weighted by Crippen LogP contribution is -2.31. The maximum Gasteiger partial charge on any atom is 0.295 e. The number of nitrogens with zero attached hydrogens (tertiary/aromatic N) is 1. The highest BCUT2D eigenvalue weighted by atomic mass is 79.9. The zero-order valence-electron chi connectivity index (χ0n) is 18.1. The Hall–Kier alpha value is -2.71. The van der Waals surface area contributed by atoms with Crippen molar-refractivity contribution in [2.45, 2.75) is 32.4 Å². The quantitative estimate of drug-likeness (QED) is 0.240. The molecule has 6 nitrogen and oxygen atoms in total. The number of benzene rings is 2. The Kier molecular flexibility index (Phi) is 7.69. The molecular formula is C24H25BrFNO5. The summed E-state index contributed by atoms with van der Waals surface area (Å²) in [6.07, 6.45) is 0.492. The Morgan fingerprint density at radius 3 is 2.56 bits per heavy atom. The zero-order chi connectivity index (χ0) is 23.4. The van der Waals surface area contributed by atoms with E-state index >= 15 is 0 Å². The van der Waals surface area contributed by atoms with E-state index in [9.17, 15) is 19.1 Å². The van der Waals surface area contributed by atoms with E-state index in [1.165, 1.54) is 30.2 Å². The Labute approximate surface area is 194 Å². The minimum atomic E-state index is -1.05. The number of ketones is 1. The lowest BCUT2D eigenvalue weighted by Gasteiger charge is -2.25. The van der Waals surface area contributed by atoms with E-state index in [1.807, 2.05) is 13.8 Å². The molecule has 2 aromatic rings. The van der Waals surface area contributed by atoms with Crippen molar-refractivity contribution < 1.29 is 28.6 Å². The summed E-state index contributed by atoms with van der Waals surface area (Å²) in [5.74, 6) is -2.03. The molecule has 170 valence electrons. The number of likely N-dealkylation sites (tertiary alicyclic amines) is 1. The molecule has 8 heteroatoms. The van der Waals surface area contributed by atoms with Gasteiger partial charge in [-0.05, 0) is 60.5 Å². The topological polar surface area (TPSA) is 76.1 Å². The fourth-order valence-corrected chi connectivity index (χ4v) is 4.19. The Morgan fingerprint density at radius 1 is 1.22 bits per heavy atom. The number of rotatable bonds is 8. The summed E-state index contributed by atoms with van der Waals surface area (Å²) >= 11 is 3.35. The zero-order valence-corrected chi connectivity index (χ0v) is 19.7. The van der Waals surface area contributed by atoms with Gasteiger partial charge >= 0.3 is 0 Å². The van der Waals surface area contributed by atoms with Crippen molar-refractivity contribution in [2.24, 2.45) is 0 Å². The maximum atomic E-state index is 14.8. The van der Waals surface area contributed by atoms with Gasteiger partial charge in [0.05, 0.1) is 29.3 Å². The van der Waals surface area contributed by atoms with Crippen LogP contribution in [-0.2, 0) is 14.3 Å². The summed E-state index contributed by atoms with van der Waals surface area (Å²) in [4.78, 5) is 27.2. The third-order valence-electron chi connectivity index (χ3n) is 5.16. The van der Waals surface area contributed by atoms with Crippen LogP contribution in [0, 0.1) is 5.82 Å². The molecule has 0 aliphatic carbocycles. The van der Waals surface area contributed by atoms with Crippen molar-refractivity contribution >= 4 is 33.4 Å². The van der Waals surface area contributed by atoms with Gasteiger partial charge in [-0.2, -0.15) is 0 Å². The summed E-state index contributed by atoms with van der Waals surface area (Å²) in [5, 5.41) is 11.1. The van der Waals surface area contributed by atoms with Gasteiger partial charge in [0.15, 0.2) is 0 Å². The van der Waals surface area contributed by atoms with Crippen LogP contribution in [0.5, 0.6) is 5.75 Å². The van der Waals surface area contributed by atoms with Gasteiger partial charge in [0.2, 0.25) is 0 Å². The van der Waals surface area contributed by atoms with E-state index in [4.69, 9.17) is 9.47 Å². The van der Waals surface area contributed by atoms with E-state index in [0.717, 1.165) is 0 Å². The van der Waals surface area contributed by atoms with Crippen LogP contribution in [0.4, 0.5) is 4.39 Å². The largest absolute Gasteiger partial charge is 0.507 e. The van der Waals surface area contributed by atoms with Crippen molar-refractivity contribution in [1.82, 2.24) is 4.90 Å². The number of Topliss-reactive ketones (excluding diaryl/α,β-unsaturated/α-hetero) is 1. The normalized spacial score (nSPS) is 17.9. The monoisotopic (exact) mass is 505 g/mol. The van der Waals surface area contributed by atoms with Crippen LogP contribution in [0.1, 0.15) is 37.4 Å². The van der Waals surface area contributed by atoms with Gasteiger partial charge in [-0.25, -0.2) is 4.39 Å². The number of ether oxygens (including phenoxy) is 2. The van der Waals surface area contributed by atoms with Gasteiger partial charge in [-0.15, -0.1) is 0 Å². The summed E-state index contributed by atoms with van der Waals surface area (Å²) in [5.41, 5.74) is 0.299. The summed E-state index contributed by atoms with van der Waals surface area (Å²) in [6.45, 7) is 4.37. The molecule has 1 N–H and O–H groups in total. The summed E-state index contributed by atoms with van der Waals surface area (Å²) < 4.78 is 26.1. The molecule has 0 bridgehead atoms. The first kappa shape index (κ1) is 23.9. The van der Waals surface area contributed by atoms with Gasteiger partial charge in [-0.1, -0.05) is 18.2 Å². The molecule has 1 aliphatic rings. The molecule has 0 saturated carbocycles. The molecule has 1 fully saturated rings. The highest BCUT2D eigenvalue weighted by molar-refractivity contribution is 9.10. The van der Waals surface area contributed by atoms with Crippen LogP contribution < -0.4 is 4.74 Å². The van der Waals surface area contributed by atoms with Crippen molar-refractivity contribution in [1.29, 1.82) is 0 Å². The first-order valence-corrected chi connectivity index (χ1v) is 11.0. The average Bonchev–Trinajstić information content (AvgIpc) is 3.01. The molecule has 1 atom stereocenters. The highest BCUT2D eigenvalue weighted by Gasteiger charge is 2.46. The SMILES string of the molecule is COc1ccc(/C(O)=C2\C(=O)C(=O)N(CCCOC(C)C)C2c2ccccc2F)cc1Br. The smallest absolute Gasteiger partial charge is 0.295 e. The molecule has 1 saturated heterocycles. The van der Waals surface area contributed by atoms with Crippen LogP contribution in [0.25, 0.3) is 5.76 Å². The lowest BCUT2D eigenvalue weighted by molar-refractivity contribution is -0.140. The molecule has 32 heavy (non-hydrogen) atoms. The predicted octanol–water partition coefficient (Wildman–Crippen LogP) is 4.83. The van der Waals surface area contributed by atoms with Crippen LogP contribution in [0.15, 0.2) is 52.5 Å². The van der Waals surface area contributed by atoms with Crippen molar-refractivity contribution in [3.8, 4) is 5.75 Å².